The molecule has 0 radical (unpaired) electrons. The van der Waals surface area contributed by atoms with Crippen LogP contribution in [0.1, 0.15) is 11.6 Å². The van der Waals surface area contributed by atoms with E-state index in [1.165, 1.54) is 18.2 Å². The van der Waals surface area contributed by atoms with Gasteiger partial charge in [0.2, 0.25) is 0 Å². The third-order valence-corrected chi connectivity index (χ3v) is 2.45. The van der Waals surface area contributed by atoms with E-state index < -0.39 is 12.5 Å². The minimum atomic E-state index is -2.64. The Morgan fingerprint density at radius 2 is 1.79 bits per heavy atom. The van der Waals surface area contributed by atoms with Crippen LogP contribution in [-0.4, -0.2) is 6.43 Å². The maximum atomic E-state index is 12.2. The Balaban J connectivity index is 0.00000169. The first-order valence-corrected chi connectivity index (χ1v) is 4.27. The summed E-state index contributed by atoms with van der Waals surface area (Å²) in [4.78, 5) is 0. The third kappa shape index (κ3) is 2.95. The van der Waals surface area contributed by atoms with Crippen LogP contribution in [-0.2, 0) is 0 Å². The van der Waals surface area contributed by atoms with Gasteiger partial charge in [-0.15, -0.1) is 12.4 Å². The predicted molar refractivity (Wildman–Crippen MR) is 56.6 cm³/mol. The number of nitrogens with two attached hydrogens (primary N) is 1. The van der Waals surface area contributed by atoms with Crippen LogP contribution in [0.3, 0.4) is 0 Å². The summed E-state index contributed by atoms with van der Waals surface area (Å²) in [5.41, 5.74) is 5.38. The minimum Gasteiger partial charge on any atom is -0.319 e. The predicted octanol–water partition coefficient (Wildman–Crippen LogP) is 3.68. The summed E-state index contributed by atoms with van der Waals surface area (Å²) in [6, 6.07) is 3.11. The zero-order valence-corrected chi connectivity index (χ0v) is 9.21. The van der Waals surface area contributed by atoms with Crippen LogP contribution in [0.15, 0.2) is 18.2 Å². The van der Waals surface area contributed by atoms with Crippen LogP contribution >= 0.6 is 35.6 Å². The van der Waals surface area contributed by atoms with Crippen LogP contribution in [0.5, 0.6) is 0 Å². The molecule has 0 amide bonds. The molecule has 0 aliphatic heterocycles. The third-order valence-electron chi connectivity index (χ3n) is 1.61. The fourth-order valence-electron chi connectivity index (χ4n) is 0.914. The molecule has 0 bridgehead atoms. The molecule has 80 valence electrons. The van der Waals surface area contributed by atoms with Crippen LogP contribution < -0.4 is 5.73 Å². The topological polar surface area (TPSA) is 26.0 Å². The Labute approximate surface area is 96.6 Å². The molecule has 6 heteroatoms. The van der Waals surface area contributed by atoms with E-state index in [2.05, 4.69) is 0 Å². The largest absolute Gasteiger partial charge is 0.319 e. The maximum Gasteiger partial charge on any atom is 0.257 e. The second kappa shape index (κ2) is 5.71. The molecule has 1 aromatic carbocycles. The average molecular weight is 263 g/mol. The van der Waals surface area contributed by atoms with Crippen molar-refractivity contribution in [3.8, 4) is 0 Å². The lowest BCUT2D eigenvalue weighted by molar-refractivity contribution is 0.116. The molecule has 0 aromatic heterocycles. The highest BCUT2D eigenvalue weighted by atomic mass is 35.5. The molecule has 0 saturated carbocycles. The Hall–Kier alpha value is -0.0900. The van der Waals surface area contributed by atoms with Crippen molar-refractivity contribution in [3.05, 3.63) is 33.8 Å². The van der Waals surface area contributed by atoms with Crippen molar-refractivity contribution >= 4 is 35.6 Å². The summed E-state index contributed by atoms with van der Waals surface area (Å²) < 4.78 is 24.4. The molecule has 0 saturated heterocycles. The number of rotatable bonds is 2. The van der Waals surface area contributed by atoms with E-state index in [-0.39, 0.29) is 28.0 Å². The fraction of sp³-hybridized carbons (Fsp3) is 0.250. The molecule has 2 N–H and O–H groups in total. The van der Waals surface area contributed by atoms with Gasteiger partial charge < -0.3 is 5.73 Å². The van der Waals surface area contributed by atoms with Gasteiger partial charge in [0.25, 0.3) is 6.43 Å². The van der Waals surface area contributed by atoms with Gasteiger partial charge in [-0.25, -0.2) is 8.78 Å². The van der Waals surface area contributed by atoms with E-state index in [1.807, 2.05) is 0 Å². The number of hydrogen-bond acceptors (Lipinski definition) is 1. The van der Waals surface area contributed by atoms with E-state index in [0.717, 1.165) is 0 Å². The highest BCUT2D eigenvalue weighted by molar-refractivity contribution is 6.42. The molecule has 1 atom stereocenters. The van der Waals surface area contributed by atoms with Crippen LogP contribution in [0.2, 0.25) is 10.0 Å². The van der Waals surface area contributed by atoms with Gasteiger partial charge in [-0.3, -0.25) is 0 Å². The summed E-state index contributed by atoms with van der Waals surface area (Å²) in [5, 5.41) is 0.326. The van der Waals surface area contributed by atoms with Crippen molar-refractivity contribution in [1.29, 1.82) is 0 Å². The van der Waals surface area contributed by atoms with Gasteiger partial charge in [0, 0.05) is 0 Å². The van der Waals surface area contributed by atoms with Crippen molar-refractivity contribution in [2.45, 2.75) is 12.5 Å². The van der Waals surface area contributed by atoms with Crippen molar-refractivity contribution in [2.75, 3.05) is 0 Å². The van der Waals surface area contributed by atoms with Crippen molar-refractivity contribution < 1.29 is 8.78 Å². The van der Waals surface area contributed by atoms with Gasteiger partial charge in [0.1, 0.15) is 0 Å². The second-order valence-corrected chi connectivity index (χ2v) is 3.29. The highest BCUT2D eigenvalue weighted by Crippen LogP contribution is 2.31. The Morgan fingerprint density at radius 1 is 1.21 bits per heavy atom. The van der Waals surface area contributed by atoms with Crippen LogP contribution in [0.4, 0.5) is 8.78 Å². The normalized spacial score (nSPS) is 12.4. The van der Waals surface area contributed by atoms with Crippen LogP contribution in [0, 0.1) is 0 Å². The van der Waals surface area contributed by atoms with E-state index in [0.29, 0.717) is 0 Å². The van der Waals surface area contributed by atoms with Crippen LogP contribution in [0.25, 0.3) is 0 Å². The fourth-order valence-corrected chi connectivity index (χ4v) is 1.35. The first-order chi connectivity index (χ1) is 6.04. The Kier molecular flexibility index (Phi) is 5.67. The summed E-state index contributed by atoms with van der Waals surface area (Å²) in [7, 11) is 0. The lowest BCUT2D eigenvalue weighted by atomic mass is 10.1. The van der Waals surface area contributed by atoms with Gasteiger partial charge in [-0.2, -0.15) is 0 Å². The molecular weight excluding hydrogens is 254 g/mol. The zero-order valence-electron chi connectivity index (χ0n) is 6.88. The number of benzene rings is 1. The summed E-state index contributed by atoms with van der Waals surface area (Å²) in [5.74, 6) is 0. The second-order valence-electron chi connectivity index (χ2n) is 2.50. The highest BCUT2D eigenvalue weighted by Gasteiger charge is 2.20. The van der Waals surface area contributed by atoms with E-state index in [9.17, 15) is 8.78 Å². The Morgan fingerprint density at radius 3 is 2.29 bits per heavy atom. The molecule has 0 aliphatic rings. The molecule has 0 spiro atoms. The zero-order chi connectivity index (χ0) is 10.0. The van der Waals surface area contributed by atoms with Gasteiger partial charge in [0.15, 0.2) is 0 Å². The van der Waals surface area contributed by atoms with E-state index in [1.54, 1.807) is 0 Å². The molecule has 0 aliphatic carbocycles. The van der Waals surface area contributed by atoms with E-state index in [4.69, 9.17) is 28.9 Å². The van der Waals surface area contributed by atoms with Crippen molar-refractivity contribution in [1.82, 2.24) is 0 Å². The number of halogens is 5. The summed E-state index contributed by atoms with van der Waals surface area (Å²) >= 11 is 11.3. The first kappa shape index (κ1) is 13.9. The molecule has 14 heavy (non-hydrogen) atoms. The van der Waals surface area contributed by atoms with E-state index >= 15 is 0 Å². The smallest absolute Gasteiger partial charge is 0.257 e. The minimum absolute atomic E-state index is 0. The average Bonchev–Trinajstić information content (AvgIpc) is 2.08. The molecular formula is C8H8Cl3F2N. The van der Waals surface area contributed by atoms with Gasteiger partial charge in [-0.05, 0) is 11.6 Å². The maximum absolute atomic E-state index is 12.2. The molecule has 1 nitrogen and oxygen atoms in total. The van der Waals surface area contributed by atoms with Crippen molar-refractivity contribution in [2.24, 2.45) is 5.73 Å². The molecule has 0 fully saturated rings. The lowest BCUT2D eigenvalue weighted by Gasteiger charge is -2.12. The SMILES string of the molecule is Cl.N[C@@H](c1cccc(Cl)c1Cl)C(F)F. The monoisotopic (exact) mass is 261 g/mol. The lowest BCUT2D eigenvalue weighted by Crippen LogP contribution is -2.19. The molecule has 0 unspecified atom stereocenters. The van der Waals surface area contributed by atoms with Gasteiger partial charge >= 0.3 is 0 Å². The quantitative estimate of drug-likeness (QED) is 0.864. The summed E-state index contributed by atoms with van der Waals surface area (Å²) in [6.07, 6.45) is -2.64. The molecule has 1 aromatic rings. The number of hydrogen-bond donors (Lipinski definition) is 1. The van der Waals surface area contributed by atoms with Gasteiger partial charge in [0.05, 0.1) is 16.1 Å². The standard InChI is InChI=1S/C8H7Cl2F2N.ClH/c9-5-3-1-2-4(6(5)10)7(13)8(11)12;/h1-3,7-8H,13H2;1H/t7-;/m0./s1. The molecule has 1 rings (SSSR count). The summed E-state index contributed by atoms with van der Waals surface area (Å²) in [6.45, 7) is 0. The Bertz CT molecular complexity index is 307. The molecule has 0 heterocycles. The van der Waals surface area contributed by atoms with Crippen molar-refractivity contribution in [3.63, 3.8) is 0 Å². The number of alkyl halides is 2. The first-order valence-electron chi connectivity index (χ1n) is 3.51. The van der Waals surface area contributed by atoms with Gasteiger partial charge in [-0.1, -0.05) is 35.3 Å².